The van der Waals surface area contributed by atoms with Gasteiger partial charge in [-0.05, 0) is 37.1 Å². The SMILES string of the molecule is CN(CCO)c1ccc(C(=O)N2CCC[C@H](c3nnc(CO)n3C)C2)cc1. The van der Waals surface area contributed by atoms with E-state index in [2.05, 4.69) is 10.2 Å². The highest BCUT2D eigenvalue weighted by Crippen LogP contribution is 2.27. The Kier molecular flexibility index (Phi) is 6.08. The number of aliphatic hydroxyl groups excluding tert-OH is 2. The molecule has 8 heteroatoms. The lowest BCUT2D eigenvalue weighted by atomic mass is 9.96. The number of hydrogen-bond donors (Lipinski definition) is 2. The zero-order chi connectivity index (χ0) is 19.4. The highest BCUT2D eigenvalue weighted by Gasteiger charge is 2.28. The van der Waals surface area contributed by atoms with Crippen molar-refractivity contribution < 1.29 is 15.0 Å². The Hall–Kier alpha value is -2.45. The van der Waals surface area contributed by atoms with Crippen molar-refractivity contribution in [3.05, 3.63) is 41.5 Å². The van der Waals surface area contributed by atoms with Gasteiger partial charge in [-0.2, -0.15) is 0 Å². The first-order valence-electron chi connectivity index (χ1n) is 9.25. The van der Waals surface area contributed by atoms with Gasteiger partial charge in [0.15, 0.2) is 5.82 Å². The summed E-state index contributed by atoms with van der Waals surface area (Å²) in [7, 11) is 3.76. The first kappa shape index (κ1) is 19.3. The molecule has 1 aromatic carbocycles. The second-order valence-electron chi connectivity index (χ2n) is 6.97. The summed E-state index contributed by atoms with van der Waals surface area (Å²) in [5.74, 6) is 1.49. The summed E-state index contributed by atoms with van der Waals surface area (Å²) in [5.41, 5.74) is 1.62. The molecule has 1 aromatic heterocycles. The smallest absolute Gasteiger partial charge is 0.253 e. The Morgan fingerprint density at radius 1 is 1.26 bits per heavy atom. The average molecular weight is 373 g/mol. The molecule has 1 aliphatic rings. The summed E-state index contributed by atoms with van der Waals surface area (Å²) >= 11 is 0. The topological polar surface area (TPSA) is 94.7 Å². The van der Waals surface area contributed by atoms with Gasteiger partial charge in [-0.3, -0.25) is 4.79 Å². The number of amides is 1. The third-order valence-electron chi connectivity index (χ3n) is 5.20. The maximum Gasteiger partial charge on any atom is 0.253 e. The zero-order valence-corrected chi connectivity index (χ0v) is 15.9. The number of aliphatic hydroxyl groups is 2. The first-order chi connectivity index (χ1) is 13.0. The second-order valence-corrected chi connectivity index (χ2v) is 6.97. The number of anilines is 1. The Bertz CT molecular complexity index is 774. The third kappa shape index (κ3) is 4.12. The lowest BCUT2D eigenvalue weighted by Gasteiger charge is -2.32. The number of likely N-dealkylation sites (tertiary alicyclic amines) is 1. The van der Waals surface area contributed by atoms with Crippen LogP contribution in [0.1, 0.15) is 40.8 Å². The Balaban J connectivity index is 1.70. The molecule has 1 amide bonds. The van der Waals surface area contributed by atoms with Crippen LogP contribution in [0.3, 0.4) is 0 Å². The molecule has 2 aromatic rings. The Morgan fingerprint density at radius 3 is 2.63 bits per heavy atom. The number of nitrogens with zero attached hydrogens (tertiary/aromatic N) is 5. The number of rotatable bonds is 6. The molecule has 146 valence electrons. The minimum Gasteiger partial charge on any atom is -0.395 e. The van der Waals surface area contributed by atoms with Gasteiger partial charge < -0.3 is 24.6 Å². The number of carbonyl (C=O) groups excluding carboxylic acids is 1. The van der Waals surface area contributed by atoms with Crippen LogP contribution in [0.2, 0.25) is 0 Å². The predicted octanol–water partition coefficient (Wildman–Crippen LogP) is 0.756. The Morgan fingerprint density at radius 2 is 2.00 bits per heavy atom. The molecule has 0 bridgehead atoms. The highest BCUT2D eigenvalue weighted by atomic mass is 16.3. The van der Waals surface area contributed by atoms with E-state index in [4.69, 9.17) is 5.11 Å². The van der Waals surface area contributed by atoms with Gasteiger partial charge in [0.1, 0.15) is 12.4 Å². The molecule has 0 unspecified atom stereocenters. The number of hydrogen-bond acceptors (Lipinski definition) is 6. The summed E-state index contributed by atoms with van der Waals surface area (Å²) in [5, 5.41) is 26.6. The highest BCUT2D eigenvalue weighted by molar-refractivity contribution is 5.94. The van der Waals surface area contributed by atoms with Crippen LogP contribution in [-0.2, 0) is 13.7 Å². The van der Waals surface area contributed by atoms with Gasteiger partial charge in [0, 0.05) is 50.9 Å². The van der Waals surface area contributed by atoms with E-state index in [1.165, 1.54) is 0 Å². The van der Waals surface area contributed by atoms with E-state index in [1.807, 2.05) is 52.7 Å². The summed E-state index contributed by atoms with van der Waals surface area (Å²) in [6.07, 6.45) is 1.86. The summed E-state index contributed by atoms with van der Waals surface area (Å²) in [6.45, 7) is 1.82. The van der Waals surface area contributed by atoms with Crippen LogP contribution in [0, 0.1) is 0 Å². The number of benzene rings is 1. The lowest BCUT2D eigenvalue weighted by Crippen LogP contribution is -2.39. The van der Waals surface area contributed by atoms with Crippen molar-refractivity contribution in [3.63, 3.8) is 0 Å². The summed E-state index contributed by atoms with van der Waals surface area (Å²) in [6, 6.07) is 7.48. The van der Waals surface area contributed by atoms with E-state index >= 15 is 0 Å². The second kappa shape index (κ2) is 8.49. The maximum absolute atomic E-state index is 12.9. The van der Waals surface area contributed by atoms with Crippen LogP contribution >= 0.6 is 0 Å². The van der Waals surface area contributed by atoms with Crippen LogP contribution in [0.25, 0.3) is 0 Å². The zero-order valence-electron chi connectivity index (χ0n) is 15.9. The van der Waals surface area contributed by atoms with E-state index in [0.717, 1.165) is 30.9 Å². The van der Waals surface area contributed by atoms with E-state index in [-0.39, 0.29) is 25.0 Å². The fourth-order valence-electron chi connectivity index (χ4n) is 3.56. The van der Waals surface area contributed by atoms with Gasteiger partial charge in [-0.15, -0.1) is 10.2 Å². The molecule has 1 atom stereocenters. The van der Waals surface area contributed by atoms with Crippen molar-refractivity contribution in [1.82, 2.24) is 19.7 Å². The van der Waals surface area contributed by atoms with Gasteiger partial charge >= 0.3 is 0 Å². The summed E-state index contributed by atoms with van der Waals surface area (Å²) < 4.78 is 1.82. The molecular weight excluding hydrogens is 346 g/mol. The molecule has 0 aliphatic carbocycles. The van der Waals surface area contributed by atoms with Crippen LogP contribution in [0.5, 0.6) is 0 Å². The molecule has 2 heterocycles. The number of aromatic nitrogens is 3. The molecule has 0 saturated carbocycles. The van der Waals surface area contributed by atoms with E-state index in [9.17, 15) is 9.90 Å². The van der Waals surface area contributed by atoms with Crippen molar-refractivity contribution in [1.29, 1.82) is 0 Å². The van der Waals surface area contributed by atoms with Crippen LogP contribution in [0.15, 0.2) is 24.3 Å². The predicted molar refractivity (Wildman–Crippen MR) is 102 cm³/mol. The molecule has 1 fully saturated rings. The third-order valence-corrected chi connectivity index (χ3v) is 5.20. The van der Waals surface area contributed by atoms with Gasteiger partial charge in [0.05, 0.1) is 6.61 Å². The minimum atomic E-state index is -0.143. The molecule has 27 heavy (non-hydrogen) atoms. The fraction of sp³-hybridized carbons (Fsp3) is 0.526. The molecule has 1 aliphatic heterocycles. The van der Waals surface area contributed by atoms with Gasteiger partial charge in [-0.25, -0.2) is 0 Å². The van der Waals surface area contributed by atoms with E-state index < -0.39 is 0 Å². The van der Waals surface area contributed by atoms with Crippen LogP contribution in [0.4, 0.5) is 5.69 Å². The van der Waals surface area contributed by atoms with Crippen molar-refractivity contribution >= 4 is 11.6 Å². The largest absolute Gasteiger partial charge is 0.395 e. The van der Waals surface area contributed by atoms with Crippen molar-refractivity contribution in [2.75, 3.05) is 38.2 Å². The van der Waals surface area contributed by atoms with Crippen molar-refractivity contribution in [2.24, 2.45) is 7.05 Å². The van der Waals surface area contributed by atoms with E-state index in [1.54, 1.807) is 0 Å². The molecule has 3 rings (SSSR count). The molecule has 8 nitrogen and oxygen atoms in total. The molecule has 0 spiro atoms. The Labute approximate surface area is 159 Å². The summed E-state index contributed by atoms with van der Waals surface area (Å²) in [4.78, 5) is 16.7. The van der Waals surface area contributed by atoms with Crippen molar-refractivity contribution in [2.45, 2.75) is 25.4 Å². The molecule has 2 N–H and O–H groups in total. The van der Waals surface area contributed by atoms with E-state index in [0.29, 0.717) is 24.5 Å². The number of likely N-dealkylation sites (N-methyl/N-ethyl adjacent to an activating group) is 1. The maximum atomic E-state index is 12.9. The minimum absolute atomic E-state index is 0.0145. The molecular formula is C19H27N5O3. The van der Waals surface area contributed by atoms with Gasteiger partial charge in [0.2, 0.25) is 0 Å². The lowest BCUT2D eigenvalue weighted by molar-refractivity contribution is 0.0703. The normalized spacial score (nSPS) is 17.2. The van der Waals surface area contributed by atoms with Crippen LogP contribution < -0.4 is 4.90 Å². The molecule has 0 radical (unpaired) electrons. The fourth-order valence-corrected chi connectivity index (χ4v) is 3.56. The average Bonchev–Trinajstić information content (AvgIpc) is 3.08. The van der Waals surface area contributed by atoms with Crippen LogP contribution in [-0.4, -0.2) is 69.1 Å². The number of carbonyl (C=O) groups is 1. The standard InChI is InChI=1S/C19H27N5O3/c1-22(10-11-25)16-7-5-14(6-8-16)19(27)24-9-3-4-15(12-24)18-21-20-17(13-26)23(18)2/h5-8,15,25-26H,3-4,9-13H2,1-2H3/t15-/m0/s1. The molecule has 1 saturated heterocycles. The van der Waals surface area contributed by atoms with Gasteiger partial charge in [0.25, 0.3) is 5.91 Å². The first-order valence-corrected chi connectivity index (χ1v) is 9.25. The van der Waals surface area contributed by atoms with Crippen molar-refractivity contribution in [3.8, 4) is 0 Å². The quantitative estimate of drug-likeness (QED) is 0.776. The van der Waals surface area contributed by atoms with Gasteiger partial charge in [-0.1, -0.05) is 0 Å². The number of piperidine rings is 1. The monoisotopic (exact) mass is 373 g/mol.